The summed E-state index contributed by atoms with van der Waals surface area (Å²) in [5.74, 6) is 1.50. The number of nitrogens with zero attached hydrogens (tertiary/aromatic N) is 1. The molecule has 2 atom stereocenters. The van der Waals surface area contributed by atoms with Crippen LogP contribution in [0.15, 0.2) is 47.5 Å². The van der Waals surface area contributed by atoms with Gasteiger partial charge in [-0.05, 0) is 44.2 Å². The largest absolute Gasteiger partial charge is 0.497 e. The molecule has 2 aromatic rings. The second kappa shape index (κ2) is 13.9. The van der Waals surface area contributed by atoms with Crippen LogP contribution in [-0.4, -0.2) is 51.0 Å². The Morgan fingerprint density at radius 3 is 2.48 bits per heavy atom. The maximum atomic E-state index is 13.7. The number of rotatable bonds is 10. The highest BCUT2D eigenvalue weighted by molar-refractivity contribution is 14.0. The van der Waals surface area contributed by atoms with Crippen molar-refractivity contribution < 1.29 is 23.7 Å². The van der Waals surface area contributed by atoms with Gasteiger partial charge in [-0.3, -0.25) is 4.99 Å². The zero-order chi connectivity index (χ0) is 21.9. The third kappa shape index (κ3) is 8.41. The number of hydrogen-bond acceptors (Lipinski definition) is 5. The Labute approximate surface area is 200 Å². The van der Waals surface area contributed by atoms with Crippen molar-refractivity contribution in [2.75, 3.05) is 33.9 Å². The van der Waals surface area contributed by atoms with Crippen molar-refractivity contribution >= 4 is 29.9 Å². The number of para-hydroxylation sites is 1. The van der Waals surface area contributed by atoms with Gasteiger partial charge in [0.1, 0.15) is 23.7 Å². The Morgan fingerprint density at radius 1 is 1.10 bits per heavy atom. The molecule has 0 aromatic heterocycles. The number of aliphatic hydroxyl groups excluding tert-OH is 1. The Morgan fingerprint density at radius 2 is 1.84 bits per heavy atom. The first-order chi connectivity index (χ1) is 14.5. The molecule has 0 saturated carbocycles. The molecule has 0 saturated heterocycles. The summed E-state index contributed by atoms with van der Waals surface area (Å²) in [6.45, 7) is 4.93. The number of hydrogen-bond donors (Lipinski definition) is 3. The van der Waals surface area contributed by atoms with E-state index in [0.29, 0.717) is 36.1 Å². The standard InChI is InChI=1S/C22H30FN3O4.HI/c1-5-24-22(25-13-15(2)30-21-9-7-6-8-18(21)23)26-14-19(27)17-12-16(28-3)10-11-20(17)29-4;/h6-12,15,19,27H,5,13-14H2,1-4H3,(H2,24,25,26);1H. The monoisotopic (exact) mass is 547 g/mol. The topological polar surface area (TPSA) is 84.3 Å². The molecule has 0 spiro atoms. The minimum atomic E-state index is -0.877. The van der Waals surface area contributed by atoms with Gasteiger partial charge in [0, 0.05) is 12.1 Å². The lowest BCUT2D eigenvalue weighted by atomic mass is 10.1. The van der Waals surface area contributed by atoms with Crippen molar-refractivity contribution in [1.29, 1.82) is 0 Å². The molecule has 0 radical (unpaired) electrons. The van der Waals surface area contributed by atoms with Gasteiger partial charge in [-0.15, -0.1) is 24.0 Å². The molecule has 0 aliphatic heterocycles. The Kier molecular flexibility index (Phi) is 12.0. The van der Waals surface area contributed by atoms with Crippen LogP contribution in [0.2, 0.25) is 0 Å². The molecular formula is C22H31FIN3O4. The van der Waals surface area contributed by atoms with E-state index < -0.39 is 11.9 Å². The average Bonchev–Trinajstić information content (AvgIpc) is 2.76. The summed E-state index contributed by atoms with van der Waals surface area (Å²) >= 11 is 0. The first kappa shape index (κ1) is 26.8. The summed E-state index contributed by atoms with van der Waals surface area (Å²) in [5.41, 5.74) is 0.590. The van der Waals surface area contributed by atoms with E-state index in [1.165, 1.54) is 6.07 Å². The number of ether oxygens (including phenoxy) is 3. The smallest absolute Gasteiger partial charge is 0.191 e. The van der Waals surface area contributed by atoms with Gasteiger partial charge in [-0.1, -0.05) is 12.1 Å². The zero-order valence-electron chi connectivity index (χ0n) is 18.2. The third-order valence-corrected chi connectivity index (χ3v) is 4.28. The summed E-state index contributed by atoms with van der Waals surface area (Å²) in [5, 5.41) is 16.9. The molecule has 7 nitrogen and oxygen atoms in total. The maximum Gasteiger partial charge on any atom is 0.191 e. The molecule has 0 aliphatic rings. The first-order valence-corrected chi connectivity index (χ1v) is 9.81. The molecule has 0 fully saturated rings. The molecule has 0 bridgehead atoms. The molecule has 0 aliphatic carbocycles. The van der Waals surface area contributed by atoms with Crippen LogP contribution in [0, 0.1) is 5.82 Å². The molecule has 0 heterocycles. The van der Waals surface area contributed by atoms with Gasteiger partial charge in [0.2, 0.25) is 0 Å². The van der Waals surface area contributed by atoms with Gasteiger partial charge in [-0.25, -0.2) is 4.39 Å². The number of methoxy groups -OCH3 is 2. The van der Waals surface area contributed by atoms with Crippen molar-refractivity contribution in [1.82, 2.24) is 10.6 Å². The van der Waals surface area contributed by atoms with Gasteiger partial charge < -0.3 is 30.0 Å². The van der Waals surface area contributed by atoms with E-state index >= 15 is 0 Å². The molecule has 2 rings (SSSR count). The highest BCUT2D eigenvalue weighted by atomic mass is 127. The first-order valence-electron chi connectivity index (χ1n) is 9.81. The third-order valence-electron chi connectivity index (χ3n) is 4.28. The minimum absolute atomic E-state index is 0. The van der Waals surface area contributed by atoms with E-state index in [1.54, 1.807) is 50.6 Å². The van der Waals surface area contributed by atoms with E-state index in [0.717, 1.165) is 0 Å². The summed E-state index contributed by atoms with van der Waals surface area (Å²) in [4.78, 5) is 4.44. The highest BCUT2D eigenvalue weighted by Crippen LogP contribution is 2.29. The minimum Gasteiger partial charge on any atom is -0.497 e. The normalized spacial score (nSPS) is 12.9. The summed E-state index contributed by atoms with van der Waals surface area (Å²) in [6.07, 6.45) is -1.17. The van der Waals surface area contributed by atoms with Gasteiger partial charge in [0.15, 0.2) is 17.5 Å². The van der Waals surface area contributed by atoms with Crippen molar-refractivity contribution in [3.63, 3.8) is 0 Å². The fourth-order valence-electron chi connectivity index (χ4n) is 2.76. The van der Waals surface area contributed by atoms with E-state index in [-0.39, 0.29) is 42.4 Å². The molecule has 2 aromatic carbocycles. The van der Waals surface area contributed by atoms with Crippen LogP contribution in [0.5, 0.6) is 17.2 Å². The number of benzene rings is 2. The van der Waals surface area contributed by atoms with E-state index in [4.69, 9.17) is 14.2 Å². The lowest BCUT2D eigenvalue weighted by Crippen LogP contribution is -2.42. The van der Waals surface area contributed by atoms with Crippen LogP contribution < -0.4 is 24.8 Å². The predicted octanol–water partition coefficient (Wildman–Crippen LogP) is 3.52. The van der Waals surface area contributed by atoms with Crippen molar-refractivity contribution in [2.24, 2.45) is 4.99 Å². The number of aliphatic imine (C=N–C) groups is 1. The molecule has 2 unspecified atom stereocenters. The fraction of sp³-hybridized carbons (Fsp3) is 0.409. The molecule has 0 amide bonds. The lowest BCUT2D eigenvalue weighted by molar-refractivity contribution is 0.182. The van der Waals surface area contributed by atoms with Gasteiger partial charge in [-0.2, -0.15) is 0 Å². The van der Waals surface area contributed by atoms with Gasteiger partial charge >= 0.3 is 0 Å². The number of halogens is 2. The lowest BCUT2D eigenvalue weighted by Gasteiger charge is -2.19. The molecule has 31 heavy (non-hydrogen) atoms. The van der Waals surface area contributed by atoms with Crippen LogP contribution in [0.25, 0.3) is 0 Å². The van der Waals surface area contributed by atoms with E-state index in [9.17, 15) is 9.50 Å². The van der Waals surface area contributed by atoms with Crippen LogP contribution in [-0.2, 0) is 0 Å². The van der Waals surface area contributed by atoms with Crippen molar-refractivity contribution in [3.05, 3.63) is 53.8 Å². The van der Waals surface area contributed by atoms with E-state index in [2.05, 4.69) is 15.6 Å². The average molecular weight is 547 g/mol. The van der Waals surface area contributed by atoms with Crippen LogP contribution in [0.1, 0.15) is 25.5 Å². The number of aliphatic hydroxyl groups is 1. The highest BCUT2D eigenvalue weighted by Gasteiger charge is 2.15. The number of guanidine groups is 1. The van der Waals surface area contributed by atoms with E-state index in [1.807, 2.05) is 13.8 Å². The van der Waals surface area contributed by atoms with Crippen LogP contribution in [0.4, 0.5) is 4.39 Å². The molecule has 3 N–H and O–H groups in total. The fourth-order valence-corrected chi connectivity index (χ4v) is 2.76. The second-order valence-electron chi connectivity index (χ2n) is 6.58. The SMILES string of the molecule is CCNC(=NCC(O)c1cc(OC)ccc1OC)NCC(C)Oc1ccccc1F.I. The molecule has 9 heteroatoms. The Bertz CT molecular complexity index is 838. The Hall–Kier alpha value is -2.27. The van der Waals surface area contributed by atoms with Gasteiger partial charge in [0.25, 0.3) is 0 Å². The molecule has 172 valence electrons. The summed E-state index contributed by atoms with van der Waals surface area (Å²) < 4.78 is 29.9. The quantitative estimate of drug-likeness (QED) is 0.240. The Balaban J connectivity index is 0.00000480. The predicted molar refractivity (Wildman–Crippen MR) is 130 cm³/mol. The zero-order valence-corrected chi connectivity index (χ0v) is 20.6. The van der Waals surface area contributed by atoms with Crippen molar-refractivity contribution in [3.8, 4) is 17.2 Å². The number of nitrogens with one attached hydrogen (secondary N) is 2. The van der Waals surface area contributed by atoms with Crippen LogP contribution in [0.3, 0.4) is 0 Å². The van der Waals surface area contributed by atoms with Gasteiger partial charge in [0.05, 0.1) is 27.3 Å². The molecular weight excluding hydrogens is 516 g/mol. The van der Waals surface area contributed by atoms with Crippen molar-refractivity contribution in [2.45, 2.75) is 26.1 Å². The summed E-state index contributed by atoms with van der Waals surface area (Å²) in [6, 6.07) is 11.5. The maximum absolute atomic E-state index is 13.7. The second-order valence-corrected chi connectivity index (χ2v) is 6.58. The van der Waals surface area contributed by atoms with Crippen LogP contribution >= 0.6 is 24.0 Å². The summed E-state index contributed by atoms with van der Waals surface area (Å²) in [7, 11) is 3.11.